The van der Waals surface area contributed by atoms with Crippen LogP contribution in [0.15, 0.2) is 29.1 Å². The van der Waals surface area contributed by atoms with Crippen LogP contribution in [0.3, 0.4) is 0 Å². The van der Waals surface area contributed by atoms with E-state index in [0.29, 0.717) is 47.6 Å². The Morgan fingerprint density at radius 1 is 1.22 bits per heavy atom. The number of nitrogens with zero attached hydrogens (tertiary/aromatic N) is 3. The number of esters is 1. The molecule has 192 valence electrons. The van der Waals surface area contributed by atoms with E-state index in [4.69, 9.17) is 14.5 Å². The first-order valence-corrected chi connectivity index (χ1v) is 12.7. The van der Waals surface area contributed by atoms with Crippen LogP contribution in [0.1, 0.15) is 42.5 Å². The zero-order valence-corrected chi connectivity index (χ0v) is 20.8. The first-order valence-electron chi connectivity index (χ1n) is 12.7. The second-order valence-electron chi connectivity index (χ2n) is 9.68. The number of aliphatic hydroxyl groups is 1. The maximum atomic E-state index is 13.4. The Morgan fingerprint density at radius 3 is 2.73 bits per heavy atom. The summed E-state index contributed by atoms with van der Waals surface area (Å²) in [5.41, 5.74) is 2.01. The molecule has 0 spiro atoms. The molecule has 10 heteroatoms. The van der Waals surface area contributed by atoms with E-state index >= 15 is 0 Å². The van der Waals surface area contributed by atoms with Gasteiger partial charge in [-0.25, -0.2) is 14.6 Å². The average Bonchev–Trinajstić information content (AvgIpc) is 3.28. The topological polar surface area (TPSA) is 123 Å². The van der Waals surface area contributed by atoms with Gasteiger partial charge in [0.15, 0.2) is 5.60 Å². The number of nitrogens with one attached hydrogen (secondary N) is 1. The Balaban J connectivity index is 1.48. The van der Waals surface area contributed by atoms with E-state index in [2.05, 4.69) is 5.32 Å². The van der Waals surface area contributed by atoms with Gasteiger partial charge in [-0.15, -0.1) is 0 Å². The highest BCUT2D eigenvalue weighted by molar-refractivity contribution is 5.93. The number of rotatable bonds is 3. The fourth-order valence-electron chi connectivity index (χ4n) is 5.48. The van der Waals surface area contributed by atoms with E-state index in [1.807, 2.05) is 19.1 Å². The van der Waals surface area contributed by atoms with Crippen molar-refractivity contribution in [3.63, 3.8) is 0 Å². The maximum Gasteiger partial charge on any atom is 0.415 e. The van der Waals surface area contributed by atoms with Crippen molar-refractivity contribution in [2.75, 3.05) is 26.2 Å². The van der Waals surface area contributed by atoms with Crippen LogP contribution in [0.4, 0.5) is 4.79 Å². The van der Waals surface area contributed by atoms with Crippen molar-refractivity contribution >= 4 is 23.0 Å². The van der Waals surface area contributed by atoms with Gasteiger partial charge in [0.25, 0.3) is 5.56 Å². The fraction of sp³-hybridized carbons (Fsp3) is 0.407. The number of carbonyl (C=O) groups excluding carboxylic acids is 2. The lowest BCUT2D eigenvalue weighted by molar-refractivity contribution is -0.172. The molecular formula is C27H28N4O6. The number of piperazine rings is 1. The summed E-state index contributed by atoms with van der Waals surface area (Å²) in [4.78, 5) is 45.3. The van der Waals surface area contributed by atoms with E-state index in [1.54, 1.807) is 28.5 Å². The van der Waals surface area contributed by atoms with Crippen LogP contribution in [0.25, 0.3) is 22.3 Å². The Bertz CT molecular complexity index is 1520. The van der Waals surface area contributed by atoms with E-state index in [0.717, 1.165) is 24.2 Å². The van der Waals surface area contributed by atoms with Crippen molar-refractivity contribution in [2.45, 2.75) is 45.4 Å². The number of aryl methyl sites for hydroxylation is 1. The highest BCUT2D eigenvalue weighted by Gasteiger charge is 2.45. The smallest absolute Gasteiger partial charge is 0.415 e. The molecule has 3 aliphatic rings. The van der Waals surface area contributed by atoms with Crippen LogP contribution in [-0.2, 0) is 34.7 Å². The molecule has 2 N–H and O–H groups in total. The molecule has 6 rings (SSSR count). The van der Waals surface area contributed by atoms with E-state index < -0.39 is 17.7 Å². The van der Waals surface area contributed by atoms with E-state index in [-0.39, 0.29) is 36.3 Å². The molecule has 2 aromatic heterocycles. The predicted molar refractivity (Wildman–Crippen MR) is 134 cm³/mol. The summed E-state index contributed by atoms with van der Waals surface area (Å²) in [6.07, 6.45) is 0.400. The molecule has 0 radical (unpaired) electrons. The number of hydrogen-bond acceptors (Lipinski definition) is 8. The number of carbonyl (C=O) groups is 2. The number of benzene rings is 1. The fourth-order valence-corrected chi connectivity index (χ4v) is 5.48. The first-order chi connectivity index (χ1) is 17.9. The third-order valence-corrected chi connectivity index (χ3v) is 7.67. The summed E-state index contributed by atoms with van der Waals surface area (Å²) in [7, 11) is 0. The zero-order chi connectivity index (χ0) is 25.9. The van der Waals surface area contributed by atoms with Gasteiger partial charge >= 0.3 is 12.1 Å². The van der Waals surface area contributed by atoms with Gasteiger partial charge in [-0.05, 0) is 36.6 Å². The van der Waals surface area contributed by atoms with Crippen LogP contribution in [0, 0.1) is 0 Å². The van der Waals surface area contributed by atoms with Gasteiger partial charge in [0, 0.05) is 42.7 Å². The van der Waals surface area contributed by atoms with Gasteiger partial charge in [0.2, 0.25) is 0 Å². The van der Waals surface area contributed by atoms with Crippen LogP contribution in [-0.4, -0.2) is 57.8 Å². The monoisotopic (exact) mass is 504 g/mol. The van der Waals surface area contributed by atoms with Gasteiger partial charge in [-0.1, -0.05) is 19.9 Å². The molecule has 1 amide bonds. The van der Waals surface area contributed by atoms with Crippen molar-refractivity contribution in [3.05, 3.63) is 56.9 Å². The van der Waals surface area contributed by atoms with Crippen LogP contribution >= 0.6 is 0 Å². The summed E-state index contributed by atoms with van der Waals surface area (Å²) in [5.74, 6) is -0.325. The number of ether oxygens (including phenoxy) is 2. The predicted octanol–water partition coefficient (Wildman–Crippen LogP) is 2.05. The SMILES string of the molecule is CCc1ccc(OC(=O)N2CCNCC2)c2cc3c(nc12)-c1cc2c(c(=O)n1C3)COC(=O)C2(O)CC. The summed E-state index contributed by atoms with van der Waals surface area (Å²) in [6.45, 7) is 6.41. The minimum atomic E-state index is -1.87. The molecule has 37 heavy (non-hydrogen) atoms. The molecule has 3 aliphatic heterocycles. The van der Waals surface area contributed by atoms with Gasteiger partial charge in [0.1, 0.15) is 12.4 Å². The molecule has 0 bridgehead atoms. The molecule has 1 saturated heterocycles. The van der Waals surface area contributed by atoms with Crippen molar-refractivity contribution in [1.29, 1.82) is 0 Å². The van der Waals surface area contributed by atoms with Gasteiger partial charge in [-0.3, -0.25) is 4.79 Å². The molecule has 1 aromatic carbocycles. The Hall–Kier alpha value is -3.76. The number of pyridine rings is 2. The minimum Gasteiger partial charge on any atom is -0.458 e. The maximum absolute atomic E-state index is 13.4. The number of hydrogen-bond donors (Lipinski definition) is 2. The second kappa shape index (κ2) is 8.67. The van der Waals surface area contributed by atoms with Gasteiger partial charge in [-0.2, -0.15) is 0 Å². The number of amides is 1. The molecule has 5 heterocycles. The van der Waals surface area contributed by atoms with Gasteiger partial charge < -0.3 is 29.4 Å². The van der Waals surface area contributed by atoms with Crippen molar-refractivity contribution in [3.8, 4) is 17.1 Å². The second-order valence-corrected chi connectivity index (χ2v) is 9.68. The molecule has 1 atom stereocenters. The lowest BCUT2D eigenvalue weighted by atomic mass is 9.86. The minimum absolute atomic E-state index is 0.0848. The Labute approximate surface area is 212 Å². The molecule has 3 aromatic rings. The molecule has 1 unspecified atom stereocenters. The standard InChI is InChI=1S/C27H28N4O6/c1-3-15-5-6-21(37-26(34)30-9-7-28-8-10-30)17-11-16-13-31-20(23(16)29-22(15)17)12-19-18(24(31)32)14-36-25(33)27(19,35)4-2/h5-6,11-12,28,35H,3-4,7-10,13-14H2,1-2H3. The number of cyclic esters (lactones) is 1. The summed E-state index contributed by atoms with van der Waals surface area (Å²) in [6, 6.07) is 7.33. The first kappa shape index (κ1) is 23.6. The highest BCUT2D eigenvalue weighted by Crippen LogP contribution is 2.40. The van der Waals surface area contributed by atoms with Crippen molar-refractivity contribution < 1.29 is 24.2 Å². The van der Waals surface area contributed by atoms with Crippen molar-refractivity contribution in [2.24, 2.45) is 0 Å². The summed E-state index contributed by atoms with van der Waals surface area (Å²) < 4.78 is 12.6. The quantitative estimate of drug-likeness (QED) is 0.407. The molecule has 1 fully saturated rings. The Morgan fingerprint density at radius 2 is 2.00 bits per heavy atom. The normalized spacial score (nSPS) is 20.3. The lowest BCUT2D eigenvalue weighted by Crippen LogP contribution is -2.47. The molecule has 10 nitrogen and oxygen atoms in total. The third kappa shape index (κ3) is 3.54. The number of aromatic nitrogens is 2. The average molecular weight is 505 g/mol. The van der Waals surface area contributed by atoms with E-state index in [1.165, 1.54) is 0 Å². The van der Waals surface area contributed by atoms with Crippen LogP contribution in [0.2, 0.25) is 0 Å². The summed E-state index contributed by atoms with van der Waals surface area (Å²) >= 11 is 0. The van der Waals surface area contributed by atoms with Crippen molar-refractivity contribution in [1.82, 2.24) is 19.8 Å². The largest absolute Gasteiger partial charge is 0.458 e. The highest BCUT2D eigenvalue weighted by atomic mass is 16.6. The van der Waals surface area contributed by atoms with Gasteiger partial charge in [0.05, 0.1) is 29.0 Å². The lowest BCUT2D eigenvalue weighted by Gasteiger charge is -2.31. The number of fused-ring (bicyclic) bond motifs is 5. The molecular weight excluding hydrogens is 476 g/mol. The van der Waals surface area contributed by atoms with Crippen LogP contribution in [0.5, 0.6) is 5.75 Å². The molecule has 0 aliphatic carbocycles. The van der Waals surface area contributed by atoms with E-state index in [9.17, 15) is 19.5 Å². The van der Waals surface area contributed by atoms with Crippen LogP contribution < -0.4 is 15.6 Å². The summed E-state index contributed by atoms with van der Waals surface area (Å²) in [5, 5.41) is 15.0. The molecule has 0 saturated carbocycles. The Kier molecular flexibility index (Phi) is 5.54. The third-order valence-electron chi connectivity index (χ3n) is 7.67. The zero-order valence-electron chi connectivity index (χ0n) is 20.8.